The maximum absolute atomic E-state index is 13.0. The fourth-order valence-corrected chi connectivity index (χ4v) is 3.00. The number of anilines is 1. The van der Waals surface area contributed by atoms with E-state index >= 15 is 0 Å². The summed E-state index contributed by atoms with van der Waals surface area (Å²) < 4.78 is 13.0. The van der Waals surface area contributed by atoms with Crippen LogP contribution in [0, 0.1) is 17.8 Å². The molecule has 0 aromatic carbocycles. The number of aromatic nitrogens is 1. The largest absolute Gasteiger partial charge is 0.393 e. The molecule has 1 saturated heterocycles. The molecule has 1 aliphatic heterocycles. The second-order valence-electron chi connectivity index (χ2n) is 4.79. The van der Waals surface area contributed by atoms with Gasteiger partial charge in [-0.25, -0.2) is 4.98 Å². The molecule has 2 fully saturated rings. The van der Waals surface area contributed by atoms with Gasteiger partial charge in [-0.1, -0.05) is 6.07 Å². The third kappa shape index (κ3) is 1.57. The number of rotatable bonds is 1. The highest BCUT2D eigenvalue weighted by molar-refractivity contribution is 5.40. The Balaban J connectivity index is 1.79. The van der Waals surface area contributed by atoms with Crippen molar-refractivity contribution in [2.45, 2.75) is 18.9 Å². The van der Waals surface area contributed by atoms with Crippen molar-refractivity contribution in [2.24, 2.45) is 11.8 Å². The van der Waals surface area contributed by atoms with Gasteiger partial charge in [0.25, 0.3) is 0 Å². The van der Waals surface area contributed by atoms with E-state index in [9.17, 15) is 9.50 Å². The van der Waals surface area contributed by atoms with E-state index in [-0.39, 0.29) is 6.10 Å². The van der Waals surface area contributed by atoms with Gasteiger partial charge in [0.2, 0.25) is 5.95 Å². The van der Waals surface area contributed by atoms with E-state index < -0.39 is 5.95 Å². The SMILES string of the molecule is OC1CCC2CN(c3cccc(F)n3)CC12. The van der Waals surface area contributed by atoms with Crippen LogP contribution in [-0.4, -0.2) is 29.3 Å². The van der Waals surface area contributed by atoms with Crippen molar-refractivity contribution in [1.29, 1.82) is 0 Å². The van der Waals surface area contributed by atoms with Crippen LogP contribution in [0.25, 0.3) is 0 Å². The molecule has 0 bridgehead atoms. The zero-order valence-corrected chi connectivity index (χ0v) is 9.01. The lowest BCUT2D eigenvalue weighted by atomic mass is 10.00. The van der Waals surface area contributed by atoms with E-state index in [4.69, 9.17) is 0 Å². The molecule has 3 atom stereocenters. The van der Waals surface area contributed by atoms with Gasteiger partial charge in [-0.2, -0.15) is 4.39 Å². The number of fused-ring (bicyclic) bond motifs is 1. The fourth-order valence-electron chi connectivity index (χ4n) is 3.00. The topological polar surface area (TPSA) is 36.4 Å². The Kier molecular flexibility index (Phi) is 2.32. The van der Waals surface area contributed by atoms with Crippen molar-refractivity contribution >= 4 is 5.82 Å². The zero-order chi connectivity index (χ0) is 11.1. The van der Waals surface area contributed by atoms with E-state index in [2.05, 4.69) is 9.88 Å². The van der Waals surface area contributed by atoms with Crippen molar-refractivity contribution in [2.75, 3.05) is 18.0 Å². The molecule has 1 N–H and O–H groups in total. The highest BCUT2D eigenvalue weighted by Crippen LogP contribution is 2.39. The maximum atomic E-state index is 13.0. The fraction of sp³-hybridized carbons (Fsp3) is 0.583. The number of hydrogen-bond acceptors (Lipinski definition) is 3. The lowest BCUT2D eigenvalue weighted by molar-refractivity contribution is 0.133. The third-order valence-electron chi connectivity index (χ3n) is 3.84. The van der Waals surface area contributed by atoms with Crippen LogP contribution in [0.5, 0.6) is 0 Å². The van der Waals surface area contributed by atoms with E-state index in [1.54, 1.807) is 6.07 Å². The molecule has 0 radical (unpaired) electrons. The quantitative estimate of drug-likeness (QED) is 0.730. The van der Waals surface area contributed by atoms with Crippen LogP contribution in [0.2, 0.25) is 0 Å². The van der Waals surface area contributed by atoms with Crippen LogP contribution in [-0.2, 0) is 0 Å². The first-order chi connectivity index (χ1) is 7.74. The minimum absolute atomic E-state index is 0.177. The van der Waals surface area contributed by atoms with Gasteiger partial charge in [0.15, 0.2) is 0 Å². The summed E-state index contributed by atoms with van der Waals surface area (Å²) in [4.78, 5) is 5.97. The molecule has 2 heterocycles. The summed E-state index contributed by atoms with van der Waals surface area (Å²) in [5.74, 6) is 1.17. The molecule has 4 heteroatoms. The zero-order valence-electron chi connectivity index (χ0n) is 9.01. The number of aliphatic hydroxyl groups excluding tert-OH is 1. The summed E-state index contributed by atoms with van der Waals surface area (Å²) >= 11 is 0. The molecule has 0 spiro atoms. The van der Waals surface area contributed by atoms with Crippen molar-refractivity contribution in [3.8, 4) is 0 Å². The number of pyridine rings is 1. The standard InChI is InChI=1S/C12H15FN2O/c13-11-2-1-3-12(14-11)15-6-8-4-5-10(16)9(8)7-15/h1-3,8-10,16H,4-7H2. The first-order valence-corrected chi connectivity index (χ1v) is 5.79. The van der Waals surface area contributed by atoms with Crippen LogP contribution in [0.3, 0.4) is 0 Å². The Morgan fingerprint density at radius 2 is 2.19 bits per heavy atom. The van der Waals surface area contributed by atoms with E-state index in [0.29, 0.717) is 17.7 Å². The van der Waals surface area contributed by atoms with Crippen LogP contribution in [0.15, 0.2) is 18.2 Å². The average Bonchev–Trinajstić information content (AvgIpc) is 2.81. The smallest absolute Gasteiger partial charge is 0.214 e. The monoisotopic (exact) mass is 222 g/mol. The van der Waals surface area contributed by atoms with Crippen molar-refractivity contribution < 1.29 is 9.50 Å². The van der Waals surface area contributed by atoms with Gasteiger partial charge in [-0.05, 0) is 30.9 Å². The molecule has 3 unspecified atom stereocenters. The Hall–Kier alpha value is -1.16. The maximum Gasteiger partial charge on any atom is 0.214 e. The van der Waals surface area contributed by atoms with Crippen LogP contribution < -0.4 is 4.90 Å². The molecule has 1 aromatic heterocycles. The van der Waals surface area contributed by atoms with Crippen molar-refractivity contribution in [3.63, 3.8) is 0 Å². The molecular formula is C12H15FN2O. The lowest BCUT2D eigenvalue weighted by Gasteiger charge is -2.19. The van der Waals surface area contributed by atoms with E-state index in [1.807, 2.05) is 6.07 Å². The number of hydrogen-bond donors (Lipinski definition) is 1. The third-order valence-corrected chi connectivity index (χ3v) is 3.84. The molecule has 3 rings (SSSR count). The molecule has 1 saturated carbocycles. The van der Waals surface area contributed by atoms with Crippen molar-refractivity contribution in [1.82, 2.24) is 4.98 Å². The van der Waals surface area contributed by atoms with Gasteiger partial charge in [0.05, 0.1) is 6.10 Å². The van der Waals surface area contributed by atoms with Crippen molar-refractivity contribution in [3.05, 3.63) is 24.1 Å². The molecule has 1 aliphatic carbocycles. The molecule has 86 valence electrons. The average molecular weight is 222 g/mol. The second kappa shape index (κ2) is 3.70. The summed E-state index contributed by atoms with van der Waals surface area (Å²) in [6.45, 7) is 1.71. The minimum Gasteiger partial charge on any atom is -0.393 e. The van der Waals surface area contributed by atoms with Gasteiger partial charge in [0, 0.05) is 19.0 Å². The summed E-state index contributed by atoms with van der Waals surface area (Å²) in [5, 5.41) is 9.80. The minimum atomic E-state index is -0.435. The Morgan fingerprint density at radius 1 is 1.31 bits per heavy atom. The van der Waals surface area contributed by atoms with Gasteiger partial charge in [0.1, 0.15) is 5.82 Å². The van der Waals surface area contributed by atoms with Gasteiger partial charge >= 0.3 is 0 Å². The number of nitrogens with zero attached hydrogens (tertiary/aromatic N) is 2. The van der Waals surface area contributed by atoms with Crippen LogP contribution >= 0.6 is 0 Å². The van der Waals surface area contributed by atoms with Gasteiger partial charge in [-0.15, -0.1) is 0 Å². The first kappa shape index (κ1) is 10.0. The van der Waals surface area contributed by atoms with Crippen LogP contribution in [0.4, 0.5) is 10.2 Å². The highest BCUT2D eigenvalue weighted by atomic mass is 19.1. The Labute approximate surface area is 93.9 Å². The molecule has 0 amide bonds. The van der Waals surface area contributed by atoms with E-state index in [0.717, 1.165) is 25.9 Å². The molecule has 3 nitrogen and oxygen atoms in total. The summed E-state index contributed by atoms with van der Waals surface area (Å²) in [5.41, 5.74) is 0. The predicted octanol–water partition coefficient (Wildman–Crippen LogP) is 1.43. The highest BCUT2D eigenvalue weighted by Gasteiger charge is 2.42. The Bertz CT molecular complexity index is 398. The summed E-state index contributed by atoms with van der Waals surface area (Å²) in [7, 11) is 0. The number of halogens is 1. The molecule has 1 aromatic rings. The van der Waals surface area contributed by atoms with Gasteiger partial charge < -0.3 is 10.0 Å². The second-order valence-corrected chi connectivity index (χ2v) is 4.79. The number of aliphatic hydroxyl groups is 1. The molecule has 2 aliphatic rings. The lowest BCUT2D eigenvalue weighted by Crippen LogP contribution is -2.25. The molecule has 16 heavy (non-hydrogen) atoms. The van der Waals surface area contributed by atoms with E-state index in [1.165, 1.54) is 6.07 Å². The normalized spacial score (nSPS) is 33.1. The van der Waals surface area contributed by atoms with Crippen LogP contribution in [0.1, 0.15) is 12.8 Å². The summed E-state index contributed by atoms with van der Waals surface area (Å²) in [6, 6.07) is 4.87. The first-order valence-electron chi connectivity index (χ1n) is 5.79. The molecular weight excluding hydrogens is 207 g/mol. The predicted molar refractivity (Wildman–Crippen MR) is 58.6 cm³/mol. The van der Waals surface area contributed by atoms with Gasteiger partial charge in [-0.3, -0.25) is 0 Å². The summed E-state index contributed by atoms with van der Waals surface area (Å²) in [6.07, 6.45) is 1.82. The Morgan fingerprint density at radius 3 is 2.94 bits per heavy atom.